The first-order valence-corrected chi connectivity index (χ1v) is 8.22. The smallest absolute Gasteiger partial charge is 0.262 e. The molecule has 0 radical (unpaired) electrons. The second kappa shape index (κ2) is 6.71. The summed E-state index contributed by atoms with van der Waals surface area (Å²) in [7, 11) is 3.40. The third-order valence-electron chi connectivity index (χ3n) is 3.17. The highest BCUT2D eigenvalue weighted by Crippen LogP contribution is 2.22. The maximum Gasteiger partial charge on any atom is 0.262 e. The minimum atomic E-state index is -0.114. The van der Waals surface area contributed by atoms with E-state index in [-0.39, 0.29) is 23.3 Å². The third-order valence-corrected chi connectivity index (χ3v) is 4.34. The molecule has 1 aromatic carbocycles. The Morgan fingerprint density at radius 1 is 1.41 bits per heavy atom. The van der Waals surface area contributed by atoms with Gasteiger partial charge in [-0.1, -0.05) is 23.4 Å². The molecule has 5 nitrogen and oxygen atoms in total. The van der Waals surface area contributed by atoms with Crippen molar-refractivity contribution in [1.29, 1.82) is 0 Å². The third kappa shape index (κ3) is 3.44. The molecule has 0 aliphatic rings. The molecule has 0 unspecified atom stereocenters. The Kier molecular flexibility index (Phi) is 5.13. The SMILES string of the molecule is CC(C)n1c(SCC(=O)N(C)C)nc2cc(Cl)ccc2c1=O. The monoisotopic (exact) mass is 339 g/mol. The number of halogens is 1. The highest BCUT2D eigenvalue weighted by atomic mass is 35.5. The summed E-state index contributed by atoms with van der Waals surface area (Å²) in [6.07, 6.45) is 0. The largest absolute Gasteiger partial charge is 0.348 e. The lowest BCUT2D eigenvalue weighted by molar-refractivity contribution is -0.125. The topological polar surface area (TPSA) is 55.2 Å². The van der Waals surface area contributed by atoms with Gasteiger partial charge in [0.15, 0.2) is 5.16 Å². The van der Waals surface area contributed by atoms with E-state index in [0.29, 0.717) is 21.1 Å². The van der Waals surface area contributed by atoms with Gasteiger partial charge in [-0.3, -0.25) is 14.2 Å². The van der Waals surface area contributed by atoms with Crippen LogP contribution in [0.25, 0.3) is 10.9 Å². The molecular formula is C15H18ClN3O2S. The van der Waals surface area contributed by atoms with E-state index in [0.717, 1.165) is 0 Å². The van der Waals surface area contributed by atoms with Crippen LogP contribution in [0.1, 0.15) is 19.9 Å². The molecule has 0 spiro atoms. The van der Waals surface area contributed by atoms with Crippen LogP contribution in [-0.2, 0) is 4.79 Å². The molecule has 0 N–H and O–H groups in total. The first kappa shape index (κ1) is 16.8. The summed E-state index contributed by atoms with van der Waals surface area (Å²) in [6, 6.07) is 4.99. The molecule has 1 amide bonds. The van der Waals surface area contributed by atoms with Gasteiger partial charge in [-0.15, -0.1) is 0 Å². The van der Waals surface area contributed by atoms with Crippen molar-refractivity contribution in [2.24, 2.45) is 0 Å². The molecule has 7 heteroatoms. The fourth-order valence-corrected chi connectivity index (χ4v) is 3.24. The number of hydrogen-bond acceptors (Lipinski definition) is 4. The molecule has 0 saturated carbocycles. The molecular weight excluding hydrogens is 322 g/mol. The molecule has 2 rings (SSSR count). The second-order valence-electron chi connectivity index (χ2n) is 5.40. The molecule has 0 saturated heterocycles. The summed E-state index contributed by atoms with van der Waals surface area (Å²) in [4.78, 5) is 30.5. The molecule has 2 aromatic rings. The van der Waals surface area contributed by atoms with Crippen LogP contribution >= 0.6 is 23.4 Å². The number of amides is 1. The predicted molar refractivity (Wildman–Crippen MR) is 90.8 cm³/mol. The van der Waals surface area contributed by atoms with Gasteiger partial charge in [0.1, 0.15) is 0 Å². The molecule has 118 valence electrons. The van der Waals surface area contributed by atoms with E-state index in [1.54, 1.807) is 36.9 Å². The number of carbonyl (C=O) groups is 1. The van der Waals surface area contributed by atoms with E-state index in [1.807, 2.05) is 13.8 Å². The van der Waals surface area contributed by atoms with Gasteiger partial charge >= 0.3 is 0 Å². The van der Waals surface area contributed by atoms with E-state index in [2.05, 4.69) is 4.98 Å². The molecule has 0 aliphatic carbocycles. The summed E-state index contributed by atoms with van der Waals surface area (Å²) < 4.78 is 1.61. The Bertz CT molecular complexity index is 771. The number of carbonyl (C=O) groups excluding carboxylic acids is 1. The summed E-state index contributed by atoms with van der Waals surface area (Å²) in [5, 5.41) is 1.59. The average Bonchev–Trinajstić information content (AvgIpc) is 2.43. The fourth-order valence-electron chi connectivity index (χ4n) is 1.96. The van der Waals surface area contributed by atoms with Crippen molar-refractivity contribution in [3.05, 3.63) is 33.6 Å². The maximum absolute atomic E-state index is 12.7. The van der Waals surface area contributed by atoms with Crippen molar-refractivity contribution in [3.63, 3.8) is 0 Å². The summed E-state index contributed by atoms with van der Waals surface area (Å²) in [6.45, 7) is 3.84. The van der Waals surface area contributed by atoms with E-state index in [4.69, 9.17) is 11.6 Å². The zero-order valence-corrected chi connectivity index (χ0v) is 14.5. The van der Waals surface area contributed by atoms with Crippen LogP contribution in [0.4, 0.5) is 0 Å². The maximum atomic E-state index is 12.7. The van der Waals surface area contributed by atoms with Gasteiger partial charge in [0.2, 0.25) is 5.91 Å². The highest BCUT2D eigenvalue weighted by Gasteiger charge is 2.16. The number of aromatic nitrogens is 2. The van der Waals surface area contributed by atoms with Crippen molar-refractivity contribution in [3.8, 4) is 0 Å². The van der Waals surface area contributed by atoms with E-state index in [1.165, 1.54) is 16.7 Å². The quantitative estimate of drug-likeness (QED) is 0.635. The second-order valence-corrected chi connectivity index (χ2v) is 6.78. The Morgan fingerprint density at radius 2 is 2.09 bits per heavy atom. The molecule has 0 aliphatic heterocycles. The minimum absolute atomic E-state index is 0.0271. The number of benzene rings is 1. The normalized spacial score (nSPS) is 11.2. The van der Waals surface area contributed by atoms with Crippen LogP contribution in [0.3, 0.4) is 0 Å². The highest BCUT2D eigenvalue weighted by molar-refractivity contribution is 7.99. The predicted octanol–water partition coefficient (Wildman–Crippen LogP) is 2.81. The van der Waals surface area contributed by atoms with Crippen LogP contribution in [0, 0.1) is 0 Å². The average molecular weight is 340 g/mol. The standard InChI is InChI=1S/C15H18ClN3O2S/c1-9(2)19-14(21)11-6-5-10(16)7-12(11)17-15(19)22-8-13(20)18(3)4/h5-7,9H,8H2,1-4H3. The zero-order chi connectivity index (χ0) is 16.4. The van der Waals surface area contributed by atoms with Gasteiger partial charge in [-0.05, 0) is 32.0 Å². The van der Waals surface area contributed by atoms with Gasteiger partial charge in [0.25, 0.3) is 5.56 Å². The van der Waals surface area contributed by atoms with Crippen molar-refractivity contribution in [2.45, 2.75) is 25.0 Å². The number of rotatable bonds is 4. The Labute approximate surface area is 138 Å². The first-order valence-electron chi connectivity index (χ1n) is 6.86. The van der Waals surface area contributed by atoms with Crippen molar-refractivity contribution < 1.29 is 4.79 Å². The molecule has 1 aromatic heterocycles. The summed E-state index contributed by atoms with van der Waals surface area (Å²) >= 11 is 7.24. The van der Waals surface area contributed by atoms with Crippen LogP contribution in [-0.4, -0.2) is 40.2 Å². The number of hydrogen-bond donors (Lipinski definition) is 0. The zero-order valence-electron chi connectivity index (χ0n) is 13.0. The molecule has 0 atom stereocenters. The summed E-state index contributed by atoms with van der Waals surface area (Å²) in [5.41, 5.74) is 0.436. The number of nitrogens with zero attached hydrogens (tertiary/aromatic N) is 3. The molecule has 22 heavy (non-hydrogen) atoms. The minimum Gasteiger partial charge on any atom is -0.348 e. The fraction of sp³-hybridized carbons (Fsp3) is 0.400. The van der Waals surface area contributed by atoms with Gasteiger partial charge in [-0.2, -0.15) is 0 Å². The van der Waals surface area contributed by atoms with Crippen molar-refractivity contribution in [2.75, 3.05) is 19.8 Å². The van der Waals surface area contributed by atoms with E-state index < -0.39 is 0 Å². The lowest BCUT2D eigenvalue weighted by Crippen LogP contribution is -2.27. The van der Waals surface area contributed by atoms with Crippen LogP contribution in [0.2, 0.25) is 5.02 Å². The van der Waals surface area contributed by atoms with E-state index in [9.17, 15) is 9.59 Å². The summed E-state index contributed by atoms with van der Waals surface area (Å²) in [5.74, 6) is 0.207. The van der Waals surface area contributed by atoms with Gasteiger partial charge in [-0.25, -0.2) is 4.98 Å². The molecule has 1 heterocycles. The first-order chi connectivity index (χ1) is 10.3. The van der Waals surface area contributed by atoms with Crippen LogP contribution in [0.5, 0.6) is 0 Å². The number of thioether (sulfide) groups is 1. The van der Waals surface area contributed by atoms with Gasteiger partial charge < -0.3 is 4.90 Å². The van der Waals surface area contributed by atoms with Crippen LogP contribution in [0.15, 0.2) is 28.2 Å². The van der Waals surface area contributed by atoms with Gasteiger partial charge in [0, 0.05) is 25.2 Å². The lowest BCUT2D eigenvalue weighted by atomic mass is 10.2. The van der Waals surface area contributed by atoms with E-state index >= 15 is 0 Å². The lowest BCUT2D eigenvalue weighted by Gasteiger charge is -2.17. The Balaban J connectivity index is 2.53. The Hall–Kier alpha value is -1.53. The van der Waals surface area contributed by atoms with Gasteiger partial charge in [0.05, 0.1) is 16.7 Å². The molecule has 0 bridgehead atoms. The number of fused-ring (bicyclic) bond motifs is 1. The van der Waals surface area contributed by atoms with Crippen molar-refractivity contribution in [1.82, 2.24) is 14.5 Å². The molecule has 0 fully saturated rings. The van der Waals surface area contributed by atoms with Crippen LogP contribution < -0.4 is 5.56 Å². The van der Waals surface area contributed by atoms with Crippen molar-refractivity contribution >= 4 is 40.2 Å². The Morgan fingerprint density at radius 3 is 2.68 bits per heavy atom.